The van der Waals surface area contributed by atoms with E-state index in [0.29, 0.717) is 12.1 Å². The fraction of sp³-hybridized carbons (Fsp3) is 1.00. The largest absolute Gasteiger partial charge is 0.393 e. The van der Waals surface area contributed by atoms with Crippen molar-refractivity contribution in [3.8, 4) is 0 Å². The summed E-state index contributed by atoms with van der Waals surface area (Å²) in [5.74, 6) is 0.793. The minimum atomic E-state index is -0.222. The molecule has 13 heavy (non-hydrogen) atoms. The third kappa shape index (κ3) is 4.07. The first kappa shape index (κ1) is 11.0. The van der Waals surface area contributed by atoms with Crippen LogP contribution in [0.15, 0.2) is 0 Å². The van der Waals surface area contributed by atoms with Gasteiger partial charge in [0.05, 0.1) is 6.10 Å². The van der Waals surface area contributed by atoms with Crippen molar-refractivity contribution in [2.24, 2.45) is 11.7 Å². The number of aliphatic hydroxyl groups excluding tert-OH is 1. The number of rotatable bonds is 6. The molecule has 0 amide bonds. The first-order chi connectivity index (χ1) is 6.13. The van der Waals surface area contributed by atoms with E-state index in [2.05, 4.69) is 12.2 Å². The van der Waals surface area contributed by atoms with Crippen LogP contribution in [0, 0.1) is 5.92 Å². The van der Waals surface area contributed by atoms with Crippen molar-refractivity contribution in [2.45, 2.75) is 51.3 Å². The van der Waals surface area contributed by atoms with Gasteiger partial charge < -0.3 is 16.2 Å². The minimum Gasteiger partial charge on any atom is -0.393 e. The molecule has 3 nitrogen and oxygen atoms in total. The fourth-order valence-electron chi connectivity index (χ4n) is 1.84. The number of hydrogen-bond donors (Lipinski definition) is 3. The van der Waals surface area contributed by atoms with Gasteiger partial charge in [-0.2, -0.15) is 0 Å². The highest BCUT2D eigenvalue weighted by Crippen LogP contribution is 2.32. The zero-order valence-corrected chi connectivity index (χ0v) is 8.66. The second kappa shape index (κ2) is 4.94. The molecule has 0 saturated heterocycles. The maximum Gasteiger partial charge on any atom is 0.0526 e. The van der Waals surface area contributed by atoms with Gasteiger partial charge in [0.2, 0.25) is 0 Å². The number of nitrogens with two attached hydrogens (primary N) is 1. The van der Waals surface area contributed by atoms with E-state index in [1.165, 1.54) is 12.8 Å². The van der Waals surface area contributed by atoms with Gasteiger partial charge in [0, 0.05) is 18.6 Å². The Hall–Kier alpha value is -0.120. The Morgan fingerprint density at radius 3 is 2.46 bits per heavy atom. The van der Waals surface area contributed by atoms with Gasteiger partial charge in [-0.25, -0.2) is 0 Å². The van der Waals surface area contributed by atoms with Crippen LogP contribution in [0.4, 0.5) is 0 Å². The predicted octanol–water partition coefficient (Wildman–Crippen LogP) is 0.473. The lowest BCUT2D eigenvalue weighted by Crippen LogP contribution is -2.43. The first-order valence-corrected chi connectivity index (χ1v) is 5.27. The van der Waals surface area contributed by atoms with E-state index in [-0.39, 0.29) is 6.10 Å². The quantitative estimate of drug-likeness (QED) is 0.565. The maximum atomic E-state index is 9.19. The zero-order valence-electron chi connectivity index (χ0n) is 8.66. The summed E-state index contributed by atoms with van der Waals surface area (Å²) in [4.78, 5) is 0. The van der Waals surface area contributed by atoms with Gasteiger partial charge in [-0.3, -0.25) is 0 Å². The van der Waals surface area contributed by atoms with E-state index in [4.69, 9.17) is 5.73 Å². The molecule has 0 aromatic carbocycles. The van der Waals surface area contributed by atoms with Crippen LogP contribution in [0.25, 0.3) is 0 Å². The van der Waals surface area contributed by atoms with Gasteiger partial charge in [-0.05, 0) is 39.0 Å². The third-order valence-electron chi connectivity index (χ3n) is 2.64. The number of hydrogen-bond acceptors (Lipinski definition) is 3. The maximum absolute atomic E-state index is 9.19. The van der Waals surface area contributed by atoms with Crippen molar-refractivity contribution < 1.29 is 5.11 Å². The van der Waals surface area contributed by atoms with Crippen molar-refractivity contribution in [3.05, 3.63) is 0 Å². The molecule has 0 heterocycles. The second-order valence-corrected chi connectivity index (χ2v) is 4.33. The monoisotopic (exact) mass is 186 g/mol. The second-order valence-electron chi connectivity index (χ2n) is 4.33. The van der Waals surface area contributed by atoms with Gasteiger partial charge >= 0.3 is 0 Å². The van der Waals surface area contributed by atoms with Gasteiger partial charge in [0.1, 0.15) is 0 Å². The molecular weight excluding hydrogens is 164 g/mol. The average molecular weight is 186 g/mol. The predicted molar refractivity (Wildman–Crippen MR) is 54.5 cm³/mol. The van der Waals surface area contributed by atoms with Crippen molar-refractivity contribution in [2.75, 3.05) is 6.54 Å². The molecule has 1 fully saturated rings. The summed E-state index contributed by atoms with van der Waals surface area (Å²) in [6.07, 6.45) is 3.22. The molecule has 0 radical (unpaired) electrons. The highest BCUT2D eigenvalue weighted by Gasteiger charge is 2.30. The topological polar surface area (TPSA) is 58.3 Å². The zero-order chi connectivity index (χ0) is 9.84. The summed E-state index contributed by atoms with van der Waals surface area (Å²) >= 11 is 0. The molecular formula is C10H22N2O. The molecule has 3 heteroatoms. The minimum absolute atomic E-state index is 0.222. The van der Waals surface area contributed by atoms with E-state index in [0.717, 1.165) is 18.9 Å². The fourth-order valence-corrected chi connectivity index (χ4v) is 1.84. The van der Waals surface area contributed by atoms with Crippen molar-refractivity contribution >= 4 is 0 Å². The van der Waals surface area contributed by atoms with E-state index in [9.17, 15) is 5.11 Å². The molecule has 1 aliphatic carbocycles. The lowest BCUT2D eigenvalue weighted by atomic mass is 10.1. The van der Waals surface area contributed by atoms with E-state index < -0.39 is 0 Å². The van der Waals surface area contributed by atoms with Gasteiger partial charge in [-0.15, -0.1) is 0 Å². The van der Waals surface area contributed by atoms with Crippen LogP contribution in [0.3, 0.4) is 0 Å². The Morgan fingerprint density at radius 1 is 1.46 bits per heavy atom. The summed E-state index contributed by atoms with van der Waals surface area (Å²) in [6.45, 7) is 4.65. The summed E-state index contributed by atoms with van der Waals surface area (Å²) in [5.41, 5.74) is 5.67. The Labute approximate surface area is 80.7 Å². The van der Waals surface area contributed by atoms with Crippen LogP contribution in [0.1, 0.15) is 33.1 Å². The standard InChI is InChI=1S/C10H22N2O/c1-7(5-8(2)13)12-10(6-11)9-3-4-9/h7-10,12-13H,3-6,11H2,1-2H3. The molecule has 3 atom stereocenters. The van der Waals surface area contributed by atoms with E-state index >= 15 is 0 Å². The number of aliphatic hydroxyl groups is 1. The molecule has 0 spiro atoms. The molecule has 0 bridgehead atoms. The molecule has 1 aliphatic rings. The molecule has 3 unspecified atom stereocenters. The van der Waals surface area contributed by atoms with Gasteiger partial charge in [-0.1, -0.05) is 0 Å². The Morgan fingerprint density at radius 2 is 2.08 bits per heavy atom. The van der Waals surface area contributed by atoms with Crippen molar-refractivity contribution in [1.82, 2.24) is 5.32 Å². The van der Waals surface area contributed by atoms with E-state index in [1.54, 1.807) is 0 Å². The Bertz CT molecular complexity index is 146. The molecule has 78 valence electrons. The SMILES string of the molecule is CC(O)CC(C)NC(CN)C1CC1. The van der Waals surface area contributed by atoms with Crippen LogP contribution in [0.2, 0.25) is 0 Å². The highest BCUT2D eigenvalue weighted by molar-refractivity contribution is 4.88. The number of nitrogens with one attached hydrogen (secondary N) is 1. The van der Waals surface area contributed by atoms with Crippen LogP contribution >= 0.6 is 0 Å². The summed E-state index contributed by atoms with van der Waals surface area (Å²) in [7, 11) is 0. The molecule has 0 aromatic heterocycles. The molecule has 1 saturated carbocycles. The van der Waals surface area contributed by atoms with Crippen LogP contribution in [0.5, 0.6) is 0 Å². The third-order valence-corrected chi connectivity index (χ3v) is 2.64. The molecule has 0 aliphatic heterocycles. The molecule has 1 rings (SSSR count). The Balaban J connectivity index is 2.19. The van der Waals surface area contributed by atoms with E-state index in [1.807, 2.05) is 6.92 Å². The van der Waals surface area contributed by atoms with Crippen LogP contribution in [-0.4, -0.2) is 29.8 Å². The average Bonchev–Trinajstić information content (AvgIpc) is 2.81. The normalized spacial score (nSPS) is 24.0. The lowest BCUT2D eigenvalue weighted by molar-refractivity contribution is 0.167. The summed E-state index contributed by atoms with van der Waals surface area (Å²) in [5, 5.41) is 12.7. The smallest absolute Gasteiger partial charge is 0.0526 e. The lowest BCUT2D eigenvalue weighted by Gasteiger charge is -2.22. The summed E-state index contributed by atoms with van der Waals surface area (Å²) in [6, 6.07) is 0.836. The Kier molecular flexibility index (Phi) is 4.16. The van der Waals surface area contributed by atoms with Crippen LogP contribution < -0.4 is 11.1 Å². The van der Waals surface area contributed by atoms with Crippen molar-refractivity contribution in [3.63, 3.8) is 0 Å². The molecule has 4 N–H and O–H groups in total. The van der Waals surface area contributed by atoms with Crippen LogP contribution in [-0.2, 0) is 0 Å². The summed E-state index contributed by atoms with van der Waals surface area (Å²) < 4.78 is 0. The molecule has 0 aromatic rings. The van der Waals surface area contributed by atoms with Crippen molar-refractivity contribution in [1.29, 1.82) is 0 Å². The first-order valence-electron chi connectivity index (χ1n) is 5.27. The van der Waals surface area contributed by atoms with Gasteiger partial charge in [0.25, 0.3) is 0 Å². The van der Waals surface area contributed by atoms with Gasteiger partial charge in [0.15, 0.2) is 0 Å². The highest BCUT2D eigenvalue weighted by atomic mass is 16.3.